The lowest BCUT2D eigenvalue weighted by atomic mass is 9.93. The van der Waals surface area contributed by atoms with E-state index in [0.29, 0.717) is 5.92 Å². The molecule has 2 aromatic heterocycles. The van der Waals surface area contributed by atoms with Gasteiger partial charge in [0.1, 0.15) is 17.4 Å². The van der Waals surface area contributed by atoms with Crippen LogP contribution in [-0.2, 0) is 0 Å². The van der Waals surface area contributed by atoms with Crippen LogP contribution >= 0.6 is 0 Å². The van der Waals surface area contributed by atoms with E-state index in [2.05, 4.69) is 32.4 Å². The number of hydrogen-bond donors (Lipinski definition) is 1. The quantitative estimate of drug-likeness (QED) is 0.800. The summed E-state index contributed by atoms with van der Waals surface area (Å²) in [4.78, 5) is 13.2. The summed E-state index contributed by atoms with van der Waals surface area (Å²) in [5.74, 6) is 3.83. The van der Waals surface area contributed by atoms with Crippen molar-refractivity contribution >= 4 is 5.82 Å². The molecule has 0 saturated carbocycles. The molecule has 6 nitrogen and oxygen atoms in total. The highest BCUT2D eigenvalue weighted by Gasteiger charge is 2.20. The minimum atomic E-state index is 0.412. The molecule has 0 amide bonds. The Balaban J connectivity index is 1.50. The van der Waals surface area contributed by atoms with Gasteiger partial charge in [-0.3, -0.25) is 9.55 Å². The van der Waals surface area contributed by atoms with Crippen LogP contribution in [0.1, 0.15) is 23.7 Å². The van der Waals surface area contributed by atoms with Gasteiger partial charge < -0.3 is 10.1 Å². The van der Waals surface area contributed by atoms with Gasteiger partial charge in [-0.05, 0) is 25.0 Å². The minimum Gasteiger partial charge on any atom is -0.493 e. The first-order valence-corrected chi connectivity index (χ1v) is 8.09. The van der Waals surface area contributed by atoms with Crippen LogP contribution in [0.2, 0.25) is 0 Å². The number of para-hydroxylation sites is 1. The van der Waals surface area contributed by atoms with Gasteiger partial charge >= 0.3 is 0 Å². The minimum absolute atomic E-state index is 0.412. The van der Waals surface area contributed by atoms with Gasteiger partial charge in [0.2, 0.25) is 0 Å². The molecule has 1 aromatic carbocycles. The summed E-state index contributed by atoms with van der Waals surface area (Å²) >= 11 is 0. The van der Waals surface area contributed by atoms with Crippen LogP contribution in [-0.4, -0.2) is 32.7 Å². The molecule has 0 saturated heterocycles. The second kappa shape index (κ2) is 6.31. The van der Waals surface area contributed by atoms with Crippen molar-refractivity contribution < 1.29 is 4.74 Å². The smallest absolute Gasteiger partial charge is 0.159 e. The number of aromatic nitrogens is 4. The van der Waals surface area contributed by atoms with E-state index in [1.54, 1.807) is 18.6 Å². The third kappa shape index (κ3) is 2.82. The van der Waals surface area contributed by atoms with Gasteiger partial charge in [-0.1, -0.05) is 18.2 Å². The highest BCUT2D eigenvalue weighted by atomic mass is 16.5. The maximum Gasteiger partial charge on any atom is 0.159 e. The largest absolute Gasteiger partial charge is 0.493 e. The van der Waals surface area contributed by atoms with Crippen molar-refractivity contribution in [2.24, 2.45) is 0 Å². The monoisotopic (exact) mass is 321 g/mol. The Hall–Kier alpha value is -2.89. The van der Waals surface area contributed by atoms with Crippen LogP contribution in [0.3, 0.4) is 0 Å². The predicted octanol–water partition coefficient (Wildman–Crippen LogP) is 2.95. The Morgan fingerprint density at radius 1 is 1.29 bits per heavy atom. The van der Waals surface area contributed by atoms with Gasteiger partial charge in [-0.25, -0.2) is 9.97 Å². The fourth-order valence-corrected chi connectivity index (χ4v) is 3.03. The molecule has 0 spiro atoms. The molecule has 0 bridgehead atoms. The van der Waals surface area contributed by atoms with Crippen molar-refractivity contribution in [1.29, 1.82) is 0 Å². The van der Waals surface area contributed by atoms with Crippen molar-refractivity contribution in [1.82, 2.24) is 19.5 Å². The molecule has 4 rings (SSSR count). The lowest BCUT2D eigenvalue weighted by Gasteiger charge is -2.26. The summed E-state index contributed by atoms with van der Waals surface area (Å²) in [6.07, 6.45) is 8.14. The lowest BCUT2D eigenvalue weighted by molar-refractivity contribution is 0.270. The van der Waals surface area contributed by atoms with Gasteiger partial charge in [0.05, 0.1) is 19.0 Å². The number of hydrogen-bond acceptors (Lipinski definition) is 5. The molecular weight excluding hydrogens is 302 g/mol. The van der Waals surface area contributed by atoms with Gasteiger partial charge in [-0.15, -0.1) is 0 Å². The number of rotatable bonds is 4. The summed E-state index contributed by atoms with van der Waals surface area (Å²) in [6, 6.07) is 8.24. The standard InChI is InChI=1S/C18H19N5O/c1-13-20-7-8-23(13)18-12-19-11-17(22-18)21-10-14-6-9-24-16-5-3-2-4-15(14)16/h2-5,7-8,11-12,14H,6,9-10H2,1H3,(H,21,22)/t14-/m1/s1. The van der Waals surface area contributed by atoms with Crippen LogP contribution < -0.4 is 10.1 Å². The van der Waals surface area contributed by atoms with Crippen molar-refractivity contribution in [3.05, 3.63) is 60.4 Å². The normalized spacial score (nSPS) is 16.3. The second-order valence-electron chi connectivity index (χ2n) is 5.86. The Morgan fingerprint density at radius 2 is 2.21 bits per heavy atom. The van der Waals surface area contributed by atoms with Crippen molar-refractivity contribution in [3.63, 3.8) is 0 Å². The number of aryl methyl sites for hydroxylation is 1. The molecule has 0 aliphatic carbocycles. The van der Waals surface area contributed by atoms with E-state index in [1.807, 2.05) is 29.8 Å². The van der Waals surface area contributed by atoms with Crippen LogP contribution in [0.15, 0.2) is 49.1 Å². The summed E-state index contributed by atoms with van der Waals surface area (Å²) < 4.78 is 7.64. The third-order valence-corrected chi connectivity index (χ3v) is 4.31. The van der Waals surface area contributed by atoms with E-state index < -0.39 is 0 Å². The first kappa shape index (κ1) is 14.7. The molecule has 1 N–H and O–H groups in total. The highest BCUT2D eigenvalue weighted by Crippen LogP contribution is 2.33. The van der Waals surface area contributed by atoms with Gasteiger partial charge in [0, 0.05) is 24.9 Å². The number of nitrogens with one attached hydrogen (secondary N) is 1. The van der Waals surface area contributed by atoms with E-state index >= 15 is 0 Å². The van der Waals surface area contributed by atoms with Gasteiger partial charge in [0.25, 0.3) is 0 Å². The summed E-state index contributed by atoms with van der Waals surface area (Å²) in [5, 5.41) is 3.41. The molecule has 0 radical (unpaired) electrons. The van der Waals surface area contributed by atoms with Crippen LogP contribution in [0.5, 0.6) is 5.75 Å². The zero-order valence-corrected chi connectivity index (χ0v) is 13.5. The van der Waals surface area contributed by atoms with Gasteiger partial charge in [0.15, 0.2) is 5.82 Å². The average molecular weight is 321 g/mol. The fourth-order valence-electron chi connectivity index (χ4n) is 3.03. The van der Waals surface area contributed by atoms with E-state index in [4.69, 9.17) is 4.74 Å². The number of fused-ring (bicyclic) bond motifs is 1. The highest BCUT2D eigenvalue weighted by molar-refractivity contribution is 5.41. The molecule has 0 fully saturated rings. The maximum atomic E-state index is 5.72. The Kier molecular flexibility index (Phi) is 3.86. The van der Waals surface area contributed by atoms with Crippen LogP contribution in [0.25, 0.3) is 5.82 Å². The van der Waals surface area contributed by atoms with Crippen LogP contribution in [0, 0.1) is 6.92 Å². The molecule has 6 heteroatoms. The molecule has 24 heavy (non-hydrogen) atoms. The molecule has 0 unspecified atom stereocenters. The zero-order chi connectivity index (χ0) is 16.4. The van der Waals surface area contributed by atoms with E-state index in [0.717, 1.165) is 42.8 Å². The topological polar surface area (TPSA) is 64.9 Å². The number of benzene rings is 1. The average Bonchev–Trinajstić information content (AvgIpc) is 3.06. The zero-order valence-electron chi connectivity index (χ0n) is 13.5. The third-order valence-electron chi connectivity index (χ3n) is 4.31. The summed E-state index contributed by atoms with van der Waals surface area (Å²) in [6.45, 7) is 3.51. The molecule has 3 heterocycles. The van der Waals surface area contributed by atoms with E-state index in [9.17, 15) is 0 Å². The summed E-state index contributed by atoms with van der Waals surface area (Å²) in [5.41, 5.74) is 1.26. The lowest BCUT2D eigenvalue weighted by Crippen LogP contribution is -2.21. The first-order valence-electron chi connectivity index (χ1n) is 8.09. The SMILES string of the molecule is Cc1nccn1-c1cncc(NC[C@H]2CCOc3ccccc32)n1. The number of anilines is 1. The Bertz CT molecular complexity index is 845. The Labute approximate surface area is 140 Å². The molecular formula is C18H19N5O. The van der Waals surface area contributed by atoms with E-state index in [1.165, 1.54) is 5.56 Å². The number of nitrogens with zero attached hydrogens (tertiary/aromatic N) is 4. The Morgan fingerprint density at radius 3 is 3.08 bits per heavy atom. The number of imidazole rings is 1. The molecule has 1 aliphatic heterocycles. The fraction of sp³-hybridized carbons (Fsp3) is 0.278. The van der Waals surface area contributed by atoms with E-state index in [-0.39, 0.29) is 0 Å². The van der Waals surface area contributed by atoms with Crippen LogP contribution in [0.4, 0.5) is 5.82 Å². The van der Waals surface area contributed by atoms with Crippen molar-refractivity contribution in [3.8, 4) is 11.6 Å². The molecule has 1 aliphatic rings. The predicted molar refractivity (Wildman–Crippen MR) is 91.7 cm³/mol. The number of ether oxygens (including phenoxy) is 1. The first-order chi connectivity index (χ1) is 11.8. The second-order valence-corrected chi connectivity index (χ2v) is 5.86. The molecule has 122 valence electrons. The van der Waals surface area contributed by atoms with Crippen molar-refractivity contribution in [2.45, 2.75) is 19.3 Å². The maximum absolute atomic E-state index is 5.72. The van der Waals surface area contributed by atoms with Gasteiger partial charge in [-0.2, -0.15) is 0 Å². The molecule has 1 atom stereocenters. The van der Waals surface area contributed by atoms with Crippen molar-refractivity contribution in [2.75, 3.05) is 18.5 Å². The molecule has 3 aromatic rings. The summed E-state index contributed by atoms with van der Waals surface area (Å²) in [7, 11) is 0.